The second-order valence-corrected chi connectivity index (χ2v) is 18.9. The van der Waals surface area contributed by atoms with Crippen LogP contribution >= 0.6 is 0 Å². The van der Waals surface area contributed by atoms with Crippen molar-refractivity contribution >= 4 is 87.1 Å². The Hall–Kier alpha value is -8.80. The van der Waals surface area contributed by atoms with Gasteiger partial charge in [0.25, 0.3) is 0 Å². The van der Waals surface area contributed by atoms with Crippen molar-refractivity contribution in [3.8, 4) is 39.7 Å². The third-order valence-corrected chi connectivity index (χ3v) is 15.0. The molecular formula is C63H41N5. The number of hydrogen-bond donors (Lipinski definition) is 0. The first kappa shape index (κ1) is 37.4. The molecule has 14 aromatic rings. The fourth-order valence-electron chi connectivity index (χ4n) is 12.0. The average molecular weight is 868 g/mol. The lowest BCUT2D eigenvalue weighted by atomic mass is 9.82. The Morgan fingerprint density at radius 2 is 0.853 bits per heavy atom. The number of nitrogens with zero attached hydrogens (tertiary/aromatic N) is 5. The van der Waals surface area contributed by atoms with E-state index in [0.717, 1.165) is 49.7 Å². The van der Waals surface area contributed by atoms with Gasteiger partial charge in [0, 0.05) is 60.1 Å². The molecule has 1 aliphatic rings. The minimum Gasteiger partial charge on any atom is -0.309 e. The Balaban J connectivity index is 0.954. The molecule has 5 heteroatoms. The van der Waals surface area contributed by atoms with E-state index in [4.69, 9.17) is 9.97 Å². The molecule has 15 rings (SSSR count). The second-order valence-electron chi connectivity index (χ2n) is 18.9. The number of benzene rings is 10. The number of aromatic nitrogens is 5. The maximum atomic E-state index is 5.47. The monoisotopic (exact) mass is 867 g/mol. The van der Waals surface area contributed by atoms with Crippen LogP contribution in [-0.4, -0.2) is 23.7 Å². The van der Waals surface area contributed by atoms with E-state index in [1.54, 1.807) is 0 Å². The molecule has 0 aliphatic heterocycles. The van der Waals surface area contributed by atoms with Crippen LogP contribution < -0.4 is 0 Å². The first-order valence-corrected chi connectivity index (χ1v) is 23.5. The van der Waals surface area contributed by atoms with Gasteiger partial charge in [-0.05, 0) is 99.8 Å². The lowest BCUT2D eigenvalue weighted by Crippen LogP contribution is -2.14. The number of hydrogen-bond acceptors (Lipinski definition) is 2. The summed E-state index contributed by atoms with van der Waals surface area (Å²) in [6, 6.07) is 77.5. The Labute approximate surface area is 391 Å². The summed E-state index contributed by atoms with van der Waals surface area (Å²) in [5.41, 5.74) is 17.4. The van der Waals surface area contributed by atoms with Crippen LogP contribution in [0.2, 0.25) is 0 Å². The summed E-state index contributed by atoms with van der Waals surface area (Å²) in [5.74, 6) is 0.650. The quantitative estimate of drug-likeness (QED) is 0.177. The van der Waals surface area contributed by atoms with Crippen molar-refractivity contribution in [2.75, 3.05) is 0 Å². The largest absolute Gasteiger partial charge is 0.309 e. The minimum atomic E-state index is -0.0525. The Kier molecular flexibility index (Phi) is 7.50. The lowest BCUT2D eigenvalue weighted by molar-refractivity contribution is 0.660. The van der Waals surface area contributed by atoms with Crippen LogP contribution in [0, 0.1) is 0 Å². The molecule has 0 spiro atoms. The standard InChI is InChI=1S/C63H41N5/c1-63(2)50-25-10-5-19-42(50)48-36-39(30-32-51(48)63)66-54-28-13-8-22-46(54)59-57(66)34-35-58-60(59)47-23-9-14-29-55(47)67(58)40-31-33-56-49(37-40)43-20-7-12-27-53(43)68(56)62-64-52-26-11-6-21-45(52)61(65-62)44-24-15-17-38-16-3-4-18-41(38)44/h3-37H,1-2H3. The number of para-hydroxylation sites is 4. The predicted octanol–water partition coefficient (Wildman–Crippen LogP) is 16.0. The molecule has 0 saturated carbocycles. The van der Waals surface area contributed by atoms with E-state index in [1.807, 2.05) is 0 Å². The van der Waals surface area contributed by atoms with Gasteiger partial charge < -0.3 is 9.13 Å². The molecule has 5 nitrogen and oxygen atoms in total. The normalized spacial score (nSPS) is 13.3. The first-order valence-electron chi connectivity index (χ1n) is 23.5. The smallest absolute Gasteiger partial charge is 0.235 e. The van der Waals surface area contributed by atoms with Crippen molar-refractivity contribution in [2.45, 2.75) is 19.3 Å². The van der Waals surface area contributed by atoms with Gasteiger partial charge in [0.2, 0.25) is 5.95 Å². The van der Waals surface area contributed by atoms with E-state index < -0.39 is 0 Å². The van der Waals surface area contributed by atoms with Crippen molar-refractivity contribution in [1.29, 1.82) is 0 Å². The molecule has 0 bridgehead atoms. The minimum absolute atomic E-state index is 0.0525. The van der Waals surface area contributed by atoms with Gasteiger partial charge >= 0.3 is 0 Å². The van der Waals surface area contributed by atoms with E-state index >= 15 is 0 Å². The molecule has 0 unspecified atom stereocenters. The molecule has 318 valence electrons. The van der Waals surface area contributed by atoms with Crippen molar-refractivity contribution in [3.63, 3.8) is 0 Å². The summed E-state index contributed by atoms with van der Waals surface area (Å²) < 4.78 is 7.19. The highest BCUT2D eigenvalue weighted by atomic mass is 15.2. The van der Waals surface area contributed by atoms with Crippen LogP contribution in [0.25, 0.3) is 127 Å². The maximum absolute atomic E-state index is 5.47. The molecule has 1 aliphatic carbocycles. The van der Waals surface area contributed by atoms with Gasteiger partial charge in [0.05, 0.1) is 44.3 Å². The lowest BCUT2D eigenvalue weighted by Gasteiger charge is -2.21. The molecule has 4 aromatic heterocycles. The van der Waals surface area contributed by atoms with E-state index in [9.17, 15) is 0 Å². The zero-order chi connectivity index (χ0) is 44.8. The Morgan fingerprint density at radius 1 is 0.338 bits per heavy atom. The van der Waals surface area contributed by atoms with Gasteiger partial charge in [-0.1, -0.05) is 159 Å². The van der Waals surface area contributed by atoms with Crippen LogP contribution in [0.1, 0.15) is 25.0 Å². The van der Waals surface area contributed by atoms with Crippen molar-refractivity contribution in [3.05, 3.63) is 223 Å². The van der Waals surface area contributed by atoms with Crippen LogP contribution in [0.5, 0.6) is 0 Å². The molecule has 0 fully saturated rings. The predicted molar refractivity (Wildman–Crippen MR) is 283 cm³/mol. The van der Waals surface area contributed by atoms with Gasteiger partial charge in [0.15, 0.2) is 0 Å². The third kappa shape index (κ3) is 4.99. The summed E-state index contributed by atoms with van der Waals surface area (Å²) >= 11 is 0. The molecule has 0 radical (unpaired) electrons. The van der Waals surface area contributed by atoms with Gasteiger partial charge in [-0.3, -0.25) is 4.57 Å². The molecule has 0 atom stereocenters. The fraction of sp³-hybridized carbons (Fsp3) is 0.0476. The SMILES string of the molecule is CC1(C)c2ccccc2-c2cc(-n3c4ccccc4c4c5c6ccccc6n(-c6ccc7c(c6)c6ccccc6n7-c6nc(-c7cccc8ccccc78)c7ccccc7n6)c5ccc43)ccc21. The highest BCUT2D eigenvalue weighted by molar-refractivity contribution is 6.29. The number of fused-ring (bicyclic) bond motifs is 15. The molecule has 0 saturated heterocycles. The second kappa shape index (κ2) is 13.6. The van der Waals surface area contributed by atoms with Crippen LogP contribution in [0.3, 0.4) is 0 Å². The molecule has 10 aromatic carbocycles. The Bertz CT molecular complexity index is 4480. The van der Waals surface area contributed by atoms with Gasteiger partial charge in [-0.25, -0.2) is 9.97 Å². The van der Waals surface area contributed by atoms with Gasteiger partial charge in [-0.2, -0.15) is 0 Å². The van der Waals surface area contributed by atoms with Crippen molar-refractivity contribution in [1.82, 2.24) is 23.7 Å². The van der Waals surface area contributed by atoms with E-state index in [0.29, 0.717) is 5.95 Å². The van der Waals surface area contributed by atoms with Crippen LogP contribution in [-0.2, 0) is 5.41 Å². The molecule has 68 heavy (non-hydrogen) atoms. The fourth-order valence-corrected chi connectivity index (χ4v) is 12.0. The van der Waals surface area contributed by atoms with Gasteiger partial charge in [-0.15, -0.1) is 0 Å². The highest BCUT2D eigenvalue weighted by Gasteiger charge is 2.35. The zero-order valence-electron chi connectivity index (χ0n) is 37.4. The average Bonchev–Trinajstić information content (AvgIpc) is 4.09. The van der Waals surface area contributed by atoms with Crippen LogP contribution in [0.15, 0.2) is 212 Å². The molecule has 0 amide bonds. The van der Waals surface area contributed by atoms with Crippen LogP contribution in [0.4, 0.5) is 0 Å². The van der Waals surface area contributed by atoms with E-state index in [-0.39, 0.29) is 5.41 Å². The molecule has 4 heterocycles. The van der Waals surface area contributed by atoms with E-state index in [2.05, 4.69) is 240 Å². The zero-order valence-corrected chi connectivity index (χ0v) is 37.4. The van der Waals surface area contributed by atoms with Crippen molar-refractivity contribution in [2.24, 2.45) is 0 Å². The van der Waals surface area contributed by atoms with Crippen molar-refractivity contribution < 1.29 is 0 Å². The highest BCUT2D eigenvalue weighted by Crippen LogP contribution is 2.50. The Morgan fingerprint density at radius 3 is 1.60 bits per heavy atom. The first-order chi connectivity index (χ1) is 33.5. The summed E-state index contributed by atoms with van der Waals surface area (Å²) in [7, 11) is 0. The molecule has 0 N–H and O–H groups in total. The summed E-state index contributed by atoms with van der Waals surface area (Å²) in [5, 5.41) is 10.7. The summed E-state index contributed by atoms with van der Waals surface area (Å²) in [4.78, 5) is 10.8. The third-order valence-electron chi connectivity index (χ3n) is 15.0. The molecular weight excluding hydrogens is 827 g/mol. The van der Waals surface area contributed by atoms with Gasteiger partial charge in [0.1, 0.15) is 0 Å². The summed E-state index contributed by atoms with van der Waals surface area (Å²) in [6.45, 7) is 4.70. The summed E-state index contributed by atoms with van der Waals surface area (Å²) in [6.07, 6.45) is 0. The van der Waals surface area contributed by atoms with E-state index in [1.165, 1.54) is 82.3 Å². The number of rotatable bonds is 4. The maximum Gasteiger partial charge on any atom is 0.235 e. The topological polar surface area (TPSA) is 40.6 Å².